The van der Waals surface area contributed by atoms with E-state index >= 15 is 0 Å². The monoisotopic (exact) mass is 396 g/mol. The van der Waals surface area contributed by atoms with Crippen LogP contribution in [0.15, 0.2) is 36.8 Å². The minimum Gasteiger partial charge on any atom is -0.460 e. The molecular weight excluding hydrogens is 368 g/mol. The molecule has 2 aromatic heterocycles. The van der Waals surface area contributed by atoms with Gasteiger partial charge in [0.25, 0.3) is 0 Å². The van der Waals surface area contributed by atoms with E-state index < -0.39 is 0 Å². The Morgan fingerprint density at radius 2 is 1.76 bits per heavy atom. The van der Waals surface area contributed by atoms with Gasteiger partial charge in [0.1, 0.15) is 11.9 Å². The van der Waals surface area contributed by atoms with E-state index in [1.165, 1.54) is 5.56 Å². The Morgan fingerprint density at radius 3 is 2.45 bits per heavy atom. The average Bonchev–Trinajstić information content (AvgIpc) is 2.75. The highest BCUT2D eigenvalue weighted by Gasteiger charge is 2.31. The summed E-state index contributed by atoms with van der Waals surface area (Å²) in [5.74, 6) is 0.981. The van der Waals surface area contributed by atoms with E-state index in [2.05, 4.69) is 19.9 Å². The molecule has 154 valence electrons. The molecule has 0 aromatic carbocycles. The zero-order chi connectivity index (χ0) is 20.1. The smallest absolute Gasteiger partial charge is 0.316 e. The van der Waals surface area contributed by atoms with Crippen molar-refractivity contribution in [1.29, 1.82) is 0 Å². The number of carbonyl (C=O) groups is 1. The van der Waals surface area contributed by atoms with Gasteiger partial charge in [-0.3, -0.25) is 9.69 Å². The van der Waals surface area contributed by atoms with Crippen LogP contribution in [-0.2, 0) is 11.3 Å². The van der Waals surface area contributed by atoms with Crippen LogP contribution in [0, 0.1) is 5.92 Å². The van der Waals surface area contributed by atoms with Gasteiger partial charge in [-0.05, 0) is 49.7 Å². The molecule has 2 N–H and O–H groups in total. The van der Waals surface area contributed by atoms with Crippen LogP contribution in [0.5, 0.6) is 6.01 Å². The number of anilines is 1. The molecule has 2 aliphatic heterocycles. The average molecular weight is 396 g/mol. The molecule has 8 nitrogen and oxygen atoms in total. The molecular formula is C21H28N6O2. The second kappa shape index (κ2) is 9.17. The zero-order valence-corrected chi connectivity index (χ0v) is 16.6. The first-order chi connectivity index (χ1) is 14.2. The third kappa shape index (κ3) is 5.20. The first-order valence-electron chi connectivity index (χ1n) is 10.3. The second-order valence-corrected chi connectivity index (χ2v) is 7.81. The molecule has 0 atom stereocenters. The lowest BCUT2D eigenvalue weighted by Gasteiger charge is -2.37. The fourth-order valence-electron chi connectivity index (χ4n) is 4.14. The summed E-state index contributed by atoms with van der Waals surface area (Å²) in [5, 5.41) is 0. The first-order valence-corrected chi connectivity index (χ1v) is 10.3. The van der Waals surface area contributed by atoms with Crippen molar-refractivity contribution in [2.24, 2.45) is 5.92 Å². The van der Waals surface area contributed by atoms with E-state index in [-0.39, 0.29) is 12.0 Å². The molecule has 1 amide bonds. The van der Waals surface area contributed by atoms with Crippen LogP contribution in [0.3, 0.4) is 0 Å². The molecule has 8 heteroatoms. The molecule has 4 rings (SSSR count). The van der Waals surface area contributed by atoms with Gasteiger partial charge in [0.05, 0.1) is 0 Å². The summed E-state index contributed by atoms with van der Waals surface area (Å²) >= 11 is 0. The fraction of sp³-hybridized carbons (Fsp3) is 0.524. The summed E-state index contributed by atoms with van der Waals surface area (Å²) in [6.07, 6.45) is 8.66. The van der Waals surface area contributed by atoms with Crippen LogP contribution in [0.25, 0.3) is 0 Å². The molecule has 0 bridgehead atoms. The van der Waals surface area contributed by atoms with Gasteiger partial charge >= 0.3 is 6.01 Å². The van der Waals surface area contributed by atoms with Crippen LogP contribution < -0.4 is 10.5 Å². The van der Waals surface area contributed by atoms with Crippen molar-refractivity contribution >= 4 is 11.7 Å². The molecule has 0 spiro atoms. The third-order valence-electron chi connectivity index (χ3n) is 5.76. The summed E-state index contributed by atoms with van der Waals surface area (Å²) in [7, 11) is 0. The number of pyridine rings is 1. The number of aromatic nitrogens is 3. The van der Waals surface area contributed by atoms with Crippen molar-refractivity contribution in [3.05, 3.63) is 42.4 Å². The number of nitrogen functional groups attached to an aromatic ring is 1. The molecule has 0 saturated carbocycles. The summed E-state index contributed by atoms with van der Waals surface area (Å²) in [6.45, 7) is 4.21. The standard InChI is InChI=1S/C21H28N6O2/c22-19-14-16(2-9-23-19)15-26-10-3-17(4-11-26)20(28)27-12-5-18(6-13-27)29-21-24-7-1-8-25-21/h1-2,7-9,14,17-18H,3-6,10-13,15H2,(H2,22,23). The maximum absolute atomic E-state index is 12.9. The van der Waals surface area contributed by atoms with E-state index in [0.29, 0.717) is 17.7 Å². The molecule has 2 aliphatic rings. The number of nitrogens with two attached hydrogens (primary N) is 1. The highest BCUT2D eigenvalue weighted by Crippen LogP contribution is 2.24. The van der Waals surface area contributed by atoms with Crippen LogP contribution in [0.1, 0.15) is 31.2 Å². The lowest BCUT2D eigenvalue weighted by atomic mass is 9.94. The van der Waals surface area contributed by atoms with Crippen molar-refractivity contribution in [3.8, 4) is 6.01 Å². The Morgan fingerprint density at radius 1 is 1.03 bits per heavy atom. The molecule has 4 heterocycles. The van der Waals surface area contributed by atoms with Crippen LogP contribution >= 0.6 is 0 Å². The van der Waals surface area contributed by atoms with Gasteiger partial charge in [0.2, 0.25) is 5.91 Å². The summed E-state index contributed by atoms with van der Waals surface area (Å²) in [6, 6.07) is 6.11. The largest absolute Gasteiger partial charge is 0.460 e. The number of amides is 1. The Hall–Kier alpha value is -2.74. The van der Waals surface area contributed by atoms with Crippen LogP contribution in [0.2, 0.25) is 0 Å². The highest BCUT2D eigenvalue weighted by molar-refractivity contribution is 5.79. The lowest BCUT2D eigenvalue weighted by Crippen LogP contribution is -2.47. The lowest BCUT2D eigenvalue weighted by molar-refractivity contribution is -0.139. The van der Waals surface area contributed by atoms with Gasteiger partial charge in [-0.2, -0.15) is 0 Å². The Balaban J connectivity index is 1.21. The Labute approximate surface area is 171 Å². The number of hydrogen-bond acceptors (Lipinski definition) is 7. The number of ether oxygens (including phenoxy) is 1. The van der Waals surface area contributed by atoms with E-state index in [1.54, 1.807) is 24.7 Å². The molecule has 2 fully saturated rings. The highest BCUT2D eigenvalue weighted by atomic mass is 16.5. The molecule has 2 saturated heterocycles. The van der Waals surface area contributed by atoms with E-state index in [4.69, 9.17) is 10.5 Å². The van der Waals surface area contributed by atoms with Crippen LogP contribution in [0.4, 0.5) is 5.82 Å². The second-order valence-electron chi connectivity index (χ2n) is 7.81. The Bertz CT molecular complexity index is 802. The molecule has 0 aliphatic carbocycles. The van der Waals surface area contributed by atoms with Gasteiger partial charge in [0, 0.05) is 57.0 Å². The summed E-state index contributed by atoms with van der Waals surface area (Å²) < 4.78 is 5.83. The van der Waals surface area contributed by atoms with Gasteiger partial charge in [-0.15, -0.1) is 0 Å². The first kappa shape index (κ1) is 19.6. The minimum atomic E-state index is 0.0797. The minimum absolute atomic E-state index is 0.0797. The van der Waals surface area contributed by atoms with Gasteiger partial charge in [0.15, 0.2) is 0 Å². The molecule has 0 unspecified atom stereocenters. The van der Waals surface area contributed by atoms with Crippen molar-refractivity contribution in [2.45, 2.75) is 38.3 Å². The number of likely N-dealkylation sites (tertiary alicyclic amines) is 2. The normalized spacial score (nSPS) is 19.2. The van der Waals surface area contributed by atoms with Crippen molar-refractivity contribution in [1.82, 2.24) is 24.8 Å². The predicted molar refractivity (Wildman–Crippen MR) is 109 cm³/mol. The van der Waals surface area contributed by atoms with Gasteiger partial charge in [-0.25, -0.2) is 15.0 Å². The number of hydrogen-bond donors (Lipinski definition) is 1. The van der Waals surface area contributed by atoms with Gasteiger partial charge in [-0.1, -0.05) is 0 Å². The van der Waals surface area contributed by atoms with E-state index in [0.717, 1.165) is 58.4 Å². The number of rotatable bonds is 5. The predicted octanol–water partition coefficient (Wildman–Crippen LogP) is 1.74. The van der Waals surface area contributed by atoms with E-state index in [1.807, 2.05) is 17.0 Å². The zero-order valence-electron chi connectivity index (χ0n) is 16.6. The number of carbonyl (C=O) groups excluding carboxylic acids is 1. The SMILES string of the molecule is Nc1cc(CN2CCC(C(=O)N3CCC(Oc4ncccn4)CC3)CC2)ccn1. The summed E-state index contributed by atoms with van der Waals surface area (Å²) in [5.41, 5.74) is 6.94. The van der Waals surface area contributed by atoms with Crippen molar-refractivity contribution in [3.63, 3.8) is 0 Å². The quantitative estimate of drug-likeness (QED) is 0.822. The maximum atomic E-state index is 12.9. The van der Waals surface area contributed by atoms with Gasteiger partial charge < -0.3 is 15.4 Å². The van der Waals surface area contributed by atoms with Crippen molar-refractivity contribution in [2.75, 3.05) is 31.9 Å². The number of piperidine rings is 2. The fourth-order valence-corrected chi connectivity index (χ4v) is 4.14. The molecule has 0 radical (unpaired) electrons. The third-order valence-corrected chi connectivity index (χ3v) is 5.76. The molecule has 2 aromatic rings. The maximum Gasteiger partial charge on any atom is 0.316 e. The topological polar surface area (TPSA) is 97.5 Å². The molecule has 29 heavy (non-hydrogen) atoms. The summed E-state index contributed by atoms with van der Waals surface area (Å²) in [4.78, 5) is 29.6. The van der Waals surface area contributed by atoms with Crippen LogP contribution in [-0.4, -0.2) is 62.9 Å². The Kier molecular flexibility index (Phi) is 6.19. The van der Waals surface area contributed by atoms with Crippen molar-refractivity contribution < 1.29 is 9.53 Å². The number of nitrogens with zero attached hydrogens (tertiary/aromatic N) is 5. The van der Waals surface area contributed by atoms with E-state index in [9.17, 15) is 4.79 Å².